The summed E-state index contributed by atoms with van der Waals surface area (Å²) in [5.41, 5.74) is 6.45. The van der Waals surface area contributed by atoms with Gasteiger partial charge in [0, 0.05) is 0 Å². The summed E-state index contributed by atoms with van der Waals surface area (Å²) in [5.74, 6) is 0.705. The molecule has 1 atom stereocenters. The maximum Gasteiger partial charge on any atom is 3.00 e. The standard InChI is InChI=1S/C16H19.2C3H5.Sc/c1-2-7-12-13-8-3-5-10-15(13)16-11-6-4-9-14(12)16;2*1-3-2;/h3,5,8-10,12H,2,4,6-7,11H2,1H3;2*3H,1-2H2;/q3*-1;+3. The molecule has 23 heavy (non-hydrogen) atoms. The van der Waals surface area contributed by atoms with Crippen LogP contribution in [0.2, 0.25) is 0 Å². The number of benzene rings is 1. The van der Waals surface area contributed by atoms with Gasteiger partial charge in [0.2, 0.25) is 0 Å². The molecular formula is C22H29Sc. The first-order chi connectivity index (χ1) is 10.7. The van der Waals surface area contributed by atoms with Gasteiger partial charge in [-0.1, -0.05) is 61.6 Å². The van der Waals surface area contributed by atoms with Crippen LogP contribution in [0, 0.1) is 20.3 Å². The van der Waals surface area contributed by atoms with E-state index in [0.717, 1.165) is 0 Å². The average molecular weight is 338 g/mol. The van der Waals surface area contributed by atoms with Crippen LogP contribution in [0.5, 0.6) is 0 Å². The van der Waals surface area contributed by atoms with Crippen molar-refractivity contribution < 1.29 is 25.8 Å². The Morgan fingerprint density at radius 2 is 1.83 bits per heavy atom. The first-order valence-corrected chi connectivity index (χ1v) is 8.20. The zero-order chi connectivity index (χ0) is 16.4. The van der Waals surface area contributed by atoms with Crippen LogP contribution in [-0.2, 0) is 25.8 Å². The van der Waals surface area contributed by atoms with E-state index < -0.39 is 0 Å². The molecule has 0 saturated heterocycles. The molecule has 0 aromatic heterocycles. The summed E-state index contributed by atoms with van der Waals surface area (Å²) >= 11 is 0. The molecule has 0 aliphatic heterocycles. The Labute approximate surface area is 162 Å². The van der Waals surface area contributed by atoms with Crippen molar-refractivity contribution in [1.29, 1.82) is 0 Å². The molecule has 1 aromatic carbocycles. The van der Waals surface area contributed by atoms with E-state index in [1.807, 2.05) is 0 Å². The van der Waals surface area contributed by atoms with Crippen molar-refractivity contribution in [3.8, 4) is 0 Å². The zero-order valence-corrected chi connectivity index (χ0v) is 16.4. The van der Waals surface area contributed by atoms with Crippen LogP contribution in [0.3, 0.4) is 0 Å². The number of rotatable bonds is 2. The Balaban J connectivity index is 0.000000610. The number of allylic oxidation sites excluding steroid dienone is 4. The van der Waals surface area contributed by atoms with Crippen molar-refractivity contribution in [2.45, 2.75) is 44.9 Å². The van der Waals surface area contributed by atoms with Gasteiger partial charge in [-0.3, -0.25) is 0 Å². The van der Waals surface area contributed by atoms with Gasteiger partial charge >= 0.3 is 25.8 Å². The monoisotopic (exact) mass is 338 g/mol. The maximum atomic E-state index is 3.25. The fourth-order valence-corrected chi connectivity index (χ4v) is 3.29. The number of fused-ring (bicyclic) bond motifs is 2. The molecule has 2 aliphatic rings. The molecule has 1 aromatic rings. The smallest absolute Gasteiger partial charge is 0.245 e. The molecule has 0 fully saturated rings. The van der Waals surface area contributed by atoms with Gasteiger partial charge in [0.25, 0.3) is 0 Å². The minimum atomic E-state index is 0. The van der Waals surface area contributed by atoms with E-state index in [2.05, 4.69) is 64.6 Å². The molecule has 0 nitrogen and oxygen atoms in total. The Morgan fingerprint density at radius 1 is 1.22 bits per heavy atom. The van der Waals surface area contributed by atoms with Gasteiger partial charge in [-0.15, -0.1) is 6.42 Å². The van der Waals surface area contributed by atoms with Crippen LogP contribution in [0.15, 0.2) is 55.1 Å². The van der Waals surface area contributed by atoms with Crippen molar-refractivity contribution in [2.75, 3.05) is 0 Å². The molecule has 0 amide bonds. The van der Waals surface area contributed by atoms with Crippen LogP contribution < -0.4 is 0 Å². The molecule has 2 aliphatic carbocycles. The summed E-state index contributed by atoms with van der Waals surface area (Å²) in [7, 11) is 0. The van der Waals surface area contributed by atoms with E-state index in [0.29, 0.717) is 5.92 Å². The maximum absolute atomic E-state index is 3.25. The van der Waals surface area contributed by atoms with Gasteiger partial charge in [0.15, 0.2) is 0 Å². The van der Waals surface area contributed by atoms with E-state index in [1.165, 1.54) is 44.3 Å². The predicted octanol–water partition coefficient (Wildman–Crippen LogP) is 6.74. The Bertz CT molecular complexity index is 504. The number of hydrogen-bond donors (Lipinski definition) is 0. The van der Waals surface area contributed by atoms with Crippen molar-refractivity contribution >= 4 is 5.57 Å². The van der Waals surface area contributed by atoms with Crippen molar-refractivity contribution in [3.63, 3.8) is 0 Å². The number of hydrogen-bond acceptors (Lipinski definition) is 0. The summed E-state index contributed by atoms with van der Waals surface area (Å²) in [6, 6.07) is 9.04. The van der Waals surface area contributed by atoms with Crippen LogP contribution in [0.1, 0.15) is 56.1 Å². The minimum Gasteiger partial charge on any atom is -0.245 e. The van der Waals surface area contributed by atoms with Gasteiger partial charge in [0.05, 0.1) is 0 Å². The first-order valence-electron chi connectivity index (χ1n) is 8.20. The summed E-state index contributed by atoms with van der Waals surface area (Å²) in [6.45, 7) is 15.3. The second-order valence-electron chi connectivity index (χ2n) is 5.54. The second kappa shape index (κ2) is 12.4. The molecule has 0 bridgehead atoms. The summed E-state index contributed by atoms with van der Waals surface area (Å²) in [4.78, 5) is 0. The van der Waals surface area contributed by atoms with Crippen LogP contribution in [-0.4, -0.2) is 0 Å². The third-order valence-electron chi connectivity index (χ3n) is 3.96. The molecule has 120 valence electrons. The van der Waals surface area contributed by atoms with Crippen molar-refractivity contribution in [3.05, 3.63) is 86.5 Å². The fraction of sp³-hybridized carbons (Fsp3) is 0.318. The van der Waals surface area contributed by atoms with E-state index in [-0.39, 0.29) is 25.8 Å². The molecule has 1 unspecified atom stereocenters. The molecule has 0 heterocycles. The zero-order valence-electron chi connectivity index (χ0n) is 14.6. The normalized spacial score (nSPS) is 16.8. The van der Waals surface area contributed by atoms with Gasteiger partial charge in [-0.05, 0) is 12.3 Å². The van der Waals surface area contributed by atoms with Crippen molar-refractivity contribution in [2.24, 2.45) is 0 Å². The molecule has 0 saturated carbocycles. The Hall–Kier alpha value is -1.08. The van der Waals surface area contributed by atoms with Crippen LogP contribution in [0.25, 0.3) is 5.57 Å². The molecule has 3 rings (SSSR count). The van der Waals surface area contributed by atoms with E-state index >= 15 is 0 Å². The second-order valence-corrected chi connectivity index (χ2v) is 5.54. The third kappa shape index (κ3) is 5.80. The molecule has 0 radical (unpaired) electrons. The first kappa shape index (κ1) is 21.9. The quantitative estimate of drug-likeness (QED) is 0.524. The molecular weight excluding hydrogens is 309 g/mol. The Morgan fingerprint density at radius 3 is 2.43 bits per heavy atom. The minimum absolute atomic E-state index is 0. The van der Waals surface area contributed by atoms with Crippen LogP contribution in [0.4, 0.5) is 0 Å². The van der Waals surface area contributed by atoms with E-state index in [4.69, 9.17) is 0 Å². The fourth-order valence-electron chi connectivity index (χ4n) is 3.29. The largest absolute Gasteiger partial charge is 3.00 e. The molecule has 0 N–H and O–H groups in total. The summed E-state index contributed by atoms with van der Waals surface area (Å²) in [5, 5.41) is 0. The summed E-state index contributed by atoms with van der Waals surface area (Å²) in [6.07, 6.45) is 12.0. The van der Waals surface area contributed by atoms with Crippen LogP contribution >= 0.6 is 0 Å². The SMILES string of the molecule is C=C[CH2-].C=C[CH2-].CCCC1C2=C(CCC[CH-]2)c2ccccc21.[Sc+3]. The van der Waals surface area contributed by atoms with Crippen molar-refractivity contribution in [1.82, 2.24) is 0 Å². The Kier molecular flexibility index (Phi) is 11.8. The van der Waals surface area contributed by atoms with E-state index in [9.17, 15) is 0 Å². The molecule has 0 spiro atoms. The van der Waals surface area contributed by atoms with Gasteiger partial charge < -0.3 is 0 Å². The molecule has 1 heteroatoms. The average Bonchev–Trinajstić information content (AvgIpc) is 2.85. The summed E-state index contributed by atoms with van der Waals surface area (Å²) < 4.78 is 0. The topological polar surface area (TPSA) is 0 Å². The van der Waals surface area contributed by atoms with Gasteiger partial charge in [0.1, 0.15) is 0 Å². The third-order valence-corrected chi connectivity index (χ3v) is 3.96. The predicted molar refractivity (Wildman–Crippen MR) is 100 cm³/mol. The van der Waals surface area contributed by atoms with E-state index in [1.54, 1.807) is 22.3 Å². The van der Waals surface area contributed by atoms with Gasteiger partial charge in [-0.25, -0.2) is 51.2 Å². The van der Waals surface area contributed by atoms with Gasteiger partial charge in [-0.2, -0.15) is 5.57 Å².